The highest BCUT2D eigenvalue weighted by Gasteiger charge is 2.22. The van der Waals surface area contributed by atoms with Gasteiger partial charge in [0.15, 0.2) is 0 Å². The van der Waals surface area contributed by atoms with Crippen molar-refractivity contribution in [3.63, 3.8) is 0 Å². The van der Waals surface area contributed by atoms with Crippen LogP contribution in [0, 0.1) is 0 Å². The van der Waals surface area contributed by atoms with E-state index in [1.165, 1.54) is 26.5 Å². The number of aromatic nitrogens is 1. The molecule has 0 spiro atoms. The van der Waals surface area contributed by atoms with E-state index < -0.39 is 12.3 Å². The van der Waals surface area contributed by atoms with Crippen LogP contribution < -0.4 is 9.47 Å². The van der Waals surface area contributed by atoms with Crippen LogP contribution in [0.15, 0.2) is 34.9 Å². The summed E-state index contributed by atoms with van der Waals surface area (Å²) >= 11 is 15.3. The molecule has 1 atom stereocenters. The molecule has 2 aromatic rings. The molecule has 0 aliphatic carbocycles. The number of rotatable bonds is 6. The number of esters is 1. The average Bonchev–Trinajstić information content (AvgIpc) is 2.58. The summed E-state index contributed by atoms with van der Waals surface area (Å²) in [4.78, 5) is 15.6. The zero-order valence-electron chi connectivity index (χ0n) is 12.6. The Balaban J connectivity index is 2.25. The number of ether oxygens (including phenoxy) is 4. The lowest BCUT2D eigenvalue weighted by molar-refractivity contribution is -0.170. The van der Waals surface area contributed by atoms with E-state index in [0.29, 0.717) is 21.0 Å². The Morgan fingerprint density at radius 2 is 2.00 bits per heavy atom. The summed E-state index contributed by atoms with van der Waals surface area (Å²) in [5.41, 5.74) is 0. The van der Waals surface area contributed by atoms with E-state index in [9.17, 15) is 4.79 Å². The van der Waals surface area contributed by atoms with Gasteiger partial charge < -0.3 is 18.9 Å². The van der Waals surface area contributed by atoms with Crippen molar-refractivity contribution >= 4 is 45.1 Å². The highest BCUT2D eigenvalue weighted by atomic mass is 79.9. The lowest BCUT2D eigenvalue weighted by Gasteiger charge is -2.16. The molecule has 128 valence electrons. The second-order valence-corrected chi connectivity index (χ2v) is 5.95. The summed E-state index contributed by atoms with van der Waals surface area (Å²) in [6, 6.07) is 6.42. The van der Waals surface area contributed by atoms with E-state index in [0.717, 1.165) is 0 Å². The standard InChI is InChI=1S/C15H12BrCl2NO5/c1-21-14(20)15(22-2)24-11-7-8(3-4-9(11)16)23-13-12(18)10(17)5-6-19-13/h3-7,15H,1-2H3. The third kappa shape index (κ3) is 4.51. The number of pyridine rings is 1. The van der Waals surface area contributed by atoms with Crippen LogP contribution in [-0.4, -0.2) is 31.5 Å². The Bertz CT molecular complexity index is 744. The normalized spacial score (nSPS) is 11.7. The molecule has 24 heavy (non-hydrogen) atoms. The lowest BCUT2D eigenvalue weighted by Crippen LogP contribution is -2.30. The third-order valence-electron chi connectivity index (χ3n) is 2.77. The number of carbonyl (C=O) groups is 1. The van der Waals surface area contributed by atoms with Crippen LogP contribution in [-0.2, 0) is 14.3 Å². The molecule has 1 aromatic carbocycles. The zero-order valence-corrected chi connectivity index (χ0v) is 15.7. The topological polar surface area (TPSA) is 66.9 Å². The van der Waals surface area contributed by atoms with Crippen molar-refractivity contribution in [3.05, 3.63) is 45.0 Å². The quantitative estimate of drug-likeness (QED) is 0.491. The minimum atomic E-state index is -1.21. The first-order chi connectivity index (χ1) is 11.5. The third-order valence-corrected chi connectivity index (χ3v) is 4.20. The van der Waals surface area contributed by atoms with Gasteiger partial charge in [-0.3, -0.25) is 0 Å². The van der Waals surface area contributed by atoms with Gasteiger partial charge in [-0.05, 0) is 34.1 Å². The summed E-state index contributed by atoms with van der Waals surface area (Å²) in [6.07, 6.45) is 0.257. The second kappa shape index (κ2) is 8.53. The fourth-order valence-electron chi connectivity index (χ4n) is 1.63. The summed E-state index contributed by atoms with van der Waals surface area (Å²) in [5, 5.41) is 0.509. The van der Waals surface area contributed by atoms with Gasteiger partial charge in [0.1, 0.15) is 16.5 Å². The smallest absolute Gasteiger partial charge is 0.376 e. The second-order valence-electron chi connectivity index (χ2n) is 4.31. The van der Waals surface area contributed by atoms with Gasteiger partial charge in [-0.2, -0.15) is 0 Å². The molecule has 2 rings (SSSR count). The van der Waals surface area contributed by atoms with Crippen molar-refractivity contribution in [1.29, 1.82) is 0 Å². The number of nitrogens with zero attached hydrogens (tertiary/aromatic N) is 1. The van der Waals surface area contributed by atoms with Gasteiger partial charge in [-0.15, -0.1) is 0 Å². The predicted molar refractivity (Wildman–Crippen MR) is 91.9 cm³/mol. The molecular weight excluding hydrogens is 425 g/mol. The Labute approximate surface area is 156 Å². The number of hydrogen-bond donors (Lipinski definition) is 0. The average molecular weight is 437 g/mol. The van der Waals surface area contributed by atoms with E-state index in [2.05, 4.69) is 25.7 Å². The molecule has 9 heteroatoms. The molecule has 0 saturated heterocycles. The molecule has 1 unspecified atom stereocenters. The van der Waals surface area contributed by atoms with Crippen LogP contribution >= 0.6 is 39.1 Å². The van der Waals surface area contributed by atoms with Crippen LogP contribution in [0.25, 0.3) is 0 Å². The first-order valence-electron chi connectivity index (χ1n) is 6.51. The Hall–Kier alpha value is -1.54. The van der Waals surface area contributed by atoms with Crippen LogP contribution in [0.3, 0.4) is 0 Å². The van der Waals surface area contributed by atoms with Gasteiger partial charge in [0, 0.05) is 19.4 Å². The molecule has 0 aliphatic heterocycles. The van der Waals surface area contributed by atoms with Gasteiger partial charge in [-0.1, -0.05) is 23.2 Å². The summed E-state index contributed by atoms with van der Waals surface area (Å²) in [6.45, 7) is 0. The molecule has 0 amide bonds. The van der Waals surface area contributed by atoms with Gasteiger partial charge in [-0.25, -0.2) is 9.78 Å². The largest absolute Gasteiger partial charge is 0.464 e. The molecule has 0 fully saturated rings. The van der Waals surface area contributed by atoms with Crippen molar-refractivity contribution in [2.24, 2.45) is 0 Å². The SMILES string of the molecule is COC(=O)C(OC)Oc1cc(Oc2nccc(Cl)c2Cl)ccc1Br. The fourth-order valence-corrected chi connectivity index (χ4v) is 2.25. The number of carbonyl (C=O) groups excluding carboxylic acids is 1. The highest BCUT2D eigenvalue weighted by Crippen LogP contribution is 2.36. The number of halogens is 3. The van der Waals surface area contributed by atoms with Crippen molar-refractivity contribution in [1.82, 2.24) is 4.98 Å². The molecule has 0 aliphatic rings. The molecule has 0 N–H and O–H groups in total. The molecular formula is C15H12BrCl2NO5. The fraction of sp³-hybridized carbons (Fsp3) is 0.200. The van der Waals surface area contributed by atoms with E-state index in [1.54, 1.807) is 18.2 Å². The van der Waals surface area contributed by atoms with Gasteiger partial charge in [0.25, 0.3) is 6.29 Å². The Morgan fingerprint density at radius 3 is 2.67 bits per heavy atom. The maximum atomic E-state index is 11.6. The first-order valence-corrected chi connectivity index (χ1v) is 8.05. The minimum absolute atomic E-state index is 0.147. The molecule has 1 heterocycles. The highest BCUT2D eigenvalue weighted by molar-refractivity contribution is 9.10. The molecule has 6 nitrogen and oxygen atoms in total. The Kier molecular flexibility index (Phi) is 6.68. The maximum Gasteiger partial charge on any atom is 0.376 e. The first kappa shape index (κ1) is 18.8. The predicted octanol–water partition coefficient (Wildman–Crippen LogP) is 4.47. The monoisotopic (exact) mass is 435 g/mol. The summed E-state index contributed by atoms with van der Waals surface area (Å²) in [5.74, 6) is 0.163. The minimum Gasteiger partial charge on any atom is -0.464 e. The maximum absolute atomic E-state index is 11.6. The van der Waals surface area contributed by atoms with E-state index in [4.69, 9.17) is 37.4 Å². The van der Waals surface area contributed by atoms with E-state index >= 15 is 0 Å². The molecule has 0 bridgehead atoms. The van der Waals surface area contributed by atoms with E-state index in [-0.39, 0.29) is 10.9 Å². The number of hydrogen-bond acceptors (Lipinski definition) is 6. The number of benzene rings is 1. The van der Waals surface area contributed by atoms with Crippen molar-refractivity contribution in [2.75, 3.05) is 14.2 Å². The summed E-state index contributed by atoms with van der Waals surface area (Å²) < 4.78 is 21.2. The van der Waals surface area contributed by atoms with Crippen molar-refractivity contribution in [2.45, 2.75) is 6.29 Å². The summed E-state index contributed by atoms with van der Waals surface area (Å²) in [7, 11) is 2.56. The molecule has 0 radical (unpaired) electrons. The zero-order chi connectivity index (χ0) is 17.7. The van der Waals surface area contributed by atoms with Gasteiger partial charge in [0.2, 0.25) is 5.88 Å². The number of methoxy groups -OCH3 is 2. The van der Waals surface area contributed by atoms with Crippen LogP contribution in [0.1, 0.15) is 0 Å². The van der Waals surface area contributed by atoms with Gasteiger partial charge >= 0.3 is 5.97 Å². The molecule has 0 saturated carbocycles. The molecule has 1 aromatic heterocycles. The Morgan fingerprint density at radius 1 is 1.25 bits per heavy atom. The van der Waals surface area contributed by atoms with Crippen LogP contribution in [0.5, 0.6) is 17.4 Å². The van der Waals surface area contributed by atoms with Crippen molar-refractivity contribution in [3.8, 4) is 17.4 Å². The van der Waals surface area contributed by atoms with Crippen LogP contribution in [0.4, 0.5) is 0 Å². The van der Waals surface area contributed by atoms with Crippen molar-refractivity contribution < 1.29 is 23.7 Å². The van der Waals surface area contributed by atoms with E-state index in [1.807, 2.05) is 0 Å². The lowest BCUT2D eigenvalue weighted by atomic mass is 10.3. The van der Waals surface area contributed by atoms with Gasteiger partial charge in [0.05, 0.1) is 16.6 Å². The van der Waals surface area contributed by atoms with Crippen LogP contribution in [0.2, 0.25) is 10.0 Å².